The number of carbonyl (C=O) groups is 1. The van der Waals surface area contributed by atoms with Crippen molar-refractivity contribution in [2.45, 2.75) is 64.3 Å². The van der Waals surface area contributed by atoms with Crippen molar-refractivity contribution in [2.24, 2.45) is 0 Å². The van der Waals surface area contributed by atoms with E-state index >= 15 is 0 Å². The molecule has 204 valence electrons. The zero-order valence-electron chi connectivity index (χ0n) is 21.3. The molecule has 0 spiro atoms. The lowest BCUT2D eigenvalue weighted by Crippen LogP contribution is -2.23. The van der Waals surface area contributed by atoms with Gasteiger partial charge in [0.05, 0.1) is 35.3 Å². The Morgan fingerprint density at radius 3 is 1.53 bits per heavy atom. The highest BCUT2D eigenvalue weighted by molar-refractivity contribution is 5.69. The Bertz CT molecular complexity index is 1150. The number of ether oxygens (including phenoxy) is 6. The second-order valence-electron chi connectivity index (χ2n) is 9.86. The van der Waals surface area contributed by atoms with Crippen LogP contribution in [0.15, 0.2) is 36.4 Å². The molecule has 0 amide bonds. The van der Waals surface area contributed by atoms with E-state index in [9.17, 15) is 25.0 Å². The Morgan fingerprint density at radius 1 is 0.816 bits per heavy atom. The average Bonchev–Trinajstić information content (AvgIpc) is 3.35. The van der Waals surface area contributed by atoms with Gasteiger partial charge in [-0.3, -0.25) is 20.2 Å². The third-order valence-corrected chi connectivity index (χ3v) is 5.93. The summed E-state index contributed by atoms with van der Waals surface area (Å²) in [5.41, 5.74) is 0.340. The third kappa shape index (κ3) is 6.81. The number of nitrogens with zero attached hydrogens (tertiary/aromatic N) is 2. The quantitative estimate of drug-likeness (QED) is 0.204. The van der Waals surface area contributed by atoms with Crippen molar-refractivity contribution < 1.29 is 43.1 Å². The maximum Gasteiger partial charge on any atom is 0.519 e. The summed E-state index contributed by atoms with van der Waals surface area (Å²) in [5.74, 6) is -1.51. The molecule has 0 aliphatic carbocycles. The zero-order chi connectivity index (χ0) is 27.7. The van der Waals surface area contributed by atoms with Gasteiger partial charge in [-0.25, -0.2) is 4.79 Å². The number of nitro groups is 2. The second kappa shape index (κ2) is 10.6. The van der Waals surface area contributed by atoms with Gasteiger partial charge in [-0.1, -0.05) is 0 Å². The Hall–Kier alpha value is -3.65. The topological polar surface area (TPSA) is 159 Å². The predicted molar refractivity (Wildman–Crippen MR) is 130 cm³/mol. The normalized spacial score (nSPS) is 21.7. The van der Waals surface area contributed by atoms with Gasteiger partial charge >= 0.3 is 6.16 Å². The van der Waals surface area contributed by atoms with E-state index in [2.05, 4.69) is 0 Å². The average molecular weight is 533 g/mol. The number of rotatable bonds is 8. The van der Waals surface area contributed by atoms with Gasteiger partial charge < -0.3 is 28.4 Å². The maximum atomic E-state index is 12.8. The van der Waals surface area contributed by atoms with Crippen molar-refractivity contribution >= 4 is 17.5 Å². The van der Waals surface area contributed by atoms with Crippen LogP contribution >= 0.6 is 0 Å². The van der Waals surface area contributed by atoms with Crippen molar-refractivity contribution in [1.82, 2.24) is 0 Å². The van der Waals surface area contributed by atoms with E-state index in [-0.39, 0.29) is 48.9 Å². The van der Waals surface area contributed by atoms with Crippen molar-refractivity contribution in [1.29, 1.82) is 0 Å². The lowest BCUT2D eigenvalue weighted by molar-refractivity contribution is -0.385. The Labute approximate surface area is 217 Å². The summed E-state index contributed by atoms with van der Waals surface area (Å²) in [6.07, 6.45) is -1.58. The largest absolute Gasteiger partial charge is 0.519 e. The van der Waals surface area contributed by atoms with Crippen LogP contribution in [0.4, 0.5) is 16.2 Å². The van der Waals surface area contributed by atoms with Crippen LogP contribution in [0.5, 0.6) is 11.5 Å². The Kier molecular flexibility index (Phi) is 7.65. The molecule has 0 unspecified atom stereocenters. The van der Waals surface area contributed by atoms with E-state index in [4.69, 9.17) is 28.4 Å². The molecule has 0 saturated carbocycles. The number of carbonyl (C=O) groups excluding carboxylic acids is 1. The molecular formula is C25H28N2O11. The molecule has 2 aliphatic rings. The SMILES string of the molecule is CC1(C)OC[C@H](Cc2cc([N+](=O)[O-])ccc2OC(=O)Oc2ccc([N+](=O)[O-])cc2C[C@H]2COC(C)(C)O2)O1. The number of non-ortho nitro benzene ring substituents is 2. The van der Waals surface area contributed by atoms with E-state index < -0.39 is 39.8 Å². The highest BCUT2D eigenvalue weighted by Crippen LogP contribution is 2.33. The van der Waals surface area contributed by atoms with Gasteiger partial charge in [-0.15, -0.1) is 0 Å². The first-order chi connectivity index (χ1) is 17.8. The predicted octanol–water partition coefficient (Wildman–Crippen LogP) is 4.47. The molecular weight excluding hydrogens is 504 g/mol. The summed E-state index contributed by atoms with van der Waals surface area (Å²) < 4.78 is 33.5. The van der Waals surface area contributed by atoms with E-state index in [1.165, 1.54) is 36.4 Å². The molecule has 0 radical (unpaired) electrons. The van der Waals surface area contributed by atoms with Gasteiger partial charge in [-0.05, 0) is 39.8 Å². The smallest absolute Gasteiger partial charge is 0.394 e. The molecule has 2 heterocycles. The van der Waals surface area contributed by atoms with Crippen LogP contribution < -0.4 is 9.47 Å². The molecule has 0 aromatic heterocycles. The summed E-state index contributed by atoms with van der Waals surface area (Å²) in [5, 5.41) is 22.6. The number of hydrogen-bond acceptors (Lipinski definition) is 11. The van der Waals surface area contributed by atoms with Crippen LogP contribution in [-0.2, 0) is 31.8 Å². The zero-order valence-corrected chi connectivity index (χ0v) is 21.3. The van der Waals surface area contributed by atoms with Crippen LogP contribution in [0, 0.1) is 20.2 Å². The summed E-state index contributed by atoms with van der Waals surface area (Å²) >= 11 is 0. The van der Waals surface area contributed by atoms with Crippen molar-refractivity contribution in [3.63, 3.8) is 0 Å². The fourth-order valence-electron chi connectivity index (χ4n) is 4.30. The summed E-state index contributed by atoms with van der Waals surface area (Å²) in [6, 6.07) is 7.62. The van der Waals surface area contributed by atoms with Gasteiger partial charge in [0.1, 0.15) is 11.5 Å². The number of hydrogen-bond donors (Lipinski definition) is 0. The first kappa shape index (κ1) is 27.4. The van der Waals surface area contributed by atoms with E-state index in [0.29, 0.717) is 11.1 Å². The number of benzene rings is 2. The van der Waals surface area contributed by atoms with Crippen molar-refractivity contribution in [3.05, 3.63) is 67.8 Å². The van der Waals surface area contributed by atoms with Crippen LogP contribution in [0.25, 0.3) is 0 Å². The lowest BCUT2D eigenvalue weighted by atomic mass is 10.1. The number of nitro benzene ring substituents is 2. The van der Waals surface area contributed by atoms with Gasteiger partial charge in [-0.2, -0.15) is 0 Å². The maximum absolute atomic E-state index is 12.8. The molecule has 0 bridgehead atoms. The third-order valence-electron chi connectivity index (χ3n) is 5.93. The van der Waals surface area contributed by atoms with Gasteiger partial charge in [0.2, 0.25) is 0 Å². The summed E-state index contributed by atoms with van der Waals surface area (Å²) in [4.78, 5) is 34.3. The highest BCUT2D eigenvalue weighted by Gasteiger charge is 2.35. The highest BCUT2D eigenvalue weighted by atomic mass is 16.8. The standard InChI is InChI=1S/C25H28N2O11/c1-24(2)33-13-19(37-24)11-15-9-17(26(29)30)5-7-21(15)35-23(28)36-22-8-6-18(27(31)32)10-16(22)12-20-14-34-25(3,4)38-20/h5-10,19-20H,11-14H2,1-4H3/t19-,20-/m0/s1. The molecule has 38 heavy (non-hydrogen) atoms. The molecule has 4 rings (SSSR count). The molecule has 2 aromatic carbocycles. The minimum absolute atomic E-state index is 0.0478. The molecule has 2 atom stereocenters. The van der Waals surface area contributed by atoms with Crippen LogP contribution in [0.3, 0.4) is 0 Å². The monoisotopic (exact) mass is 532 g/mol. The molecule has 2 saturated heterocycles. The molecule has 2 aromatic rings. The fourth-order valence-corrected chi connectivity index (χ4v) is 4.30. The van der Waals surface area contributed by atoms with Gasteiger partial charge in [0, 0.05) is 48.2 Å². The molecule has 0 N–H and O–H groups in total. The minimum atomic E-state index is -1.12. The van der Waals surface area contributed by atoms with Crippen LogP contribution in [0.2, 0.25) is 0 Å². The van der Waals surface area contributed by atoms with E-state index in [0.717, 1.165) is 0 Å². The second-order valence-corrected chi connectivity index (χ2v) is 9.86. The van der Waals surface area contributed by atoms with Crippen molar-refractivity contribution in [3.8, 4) is 11.5 Å². The summed E-state index contributed by atoms with van der Waals surface area (Å²) in [7, 11) is 0. The van der Waals surface area contributed by atoms with Crippen molar-refractivity contribution in [2.75, 3.05) is 13.2 Å². The molecule has 2 aliphatic heterocycles. The first-order valence-corrected chi connectivity index (χ1v) is 11.9. The van der Waals surface area contributed by atoms with E-state index in [1.807, 2.05) is 0 Å². The fraction of sp³-hybridized carbons (Fsp3) is 0.480. The minimum Gasteiger partial charge on any atom is -0.394 e. The summed E-state index contributed by atoms with van der Waals surface area (Å²) in [6.45, 7) is 7.52. The van der Waals surface area contributed by atoms with E-state index in [1.54, 1.807) is 27.7 Å². The molecule has 13 heteroatoms. The van der Waals surface area contributed by atoms with Gasteiger partial charge in [0.25, 0.3) is 11.4 Å². The first-order valence-electron chi connectivity index (χ1n) is 11.9. The van der Waals surface area contributed by atoms with Gasteiger partial charge in [0.15, 0.2) is 11.6 Å². The van der Waals surface area contributed by atoms with Crippen LogP contribution in [-0.4, -0.2) is 53.0 Å². The molecule has 2 fully saturated rings. The Balaban J connectivity index is 1.53. The van der Waals surface area contributed by atoms with Crippen LogP contribution in [0.1, 0.15) is 38.8 Å². The molecule has 13 nitrogen and oxygen atoms in total. The Morgan fingerprint density at radius 2 is 1.21 bits per heavy atom. The lowest BCUT2D eigenvalue weighted by Gasteiger charge is -2.18.